The summed E-state index contributed by atoms with van der Waals surface area (Å²) in [6.45, 7) is 2.84. The molecule has 0 unspecified atom stereocenters. The molecular formula is C20H22ClFN2O2. The van der Waals surface area contributed by atoms with Crippen molar-refractivity contribution in [3.63, 3.8) is 0 Å². The Morgan fingerprint density at radius 2 is 1.62 bits per heavy atom. The van der Waals surface area contributed by atoms with Crippen molar-refractivity contribution in [3.05, 3.63) is 70.5 Å². The third-order valence-electron chi connectivity index (χ3n) is 4.01. The molecule has 0 aromatic heterocycles. The quantitative estimate of drug-likeness (QED) is 0.769. The first-order chi connectivity index (χ1) is 12.4. The van der Waals surface area contributed by atoms with Crippen LogP contribution in [-0.2, 0) is 22.4 Å². The summed E-state index contributed by atoms with van der Waals surface area (Å²) < 4.78 is 12.9. The smallest absolute Gasteiger partial charge is 0.224 e. The third-order valence-corrected chi connectivity index (χ3v) is 4.26. The molecule has 2 amide bonds. The second-order valence-electron chi connectivity index (χ2n) is 6.04. The number of nitrogens with one attached hydrogen (secondary N) is 1. The number of carbonyl (C=O) groups excluding carboxylic acids is 2. The van der Waals surface area contributed by atoms with Crippen LogP contribution in [0.5, 0.6) is 0 Å². The fourth-order valence-corrected chi connectivity index (χ4v) is 2.65. The Morgan fingerprint density at radius 3 is 2.23 bits per heavy atom. The van der Waals surface area contributed by atoms with Gasteiger partial charge in [0.25, 0.3) is 0 Å². The summed E-state index contributed by atoms with van der Waals surface area (Å²) in [4.78, 5) is 25.4. The van der Waals surface area contributed by atoms with Crippen molar-refractivity contribution in [3.8, 4) is 0 Å². The molecule has 0 atom stereocenters. The largest absolute Gasteiger partial charge is 0.354 e. The molecule has 0 aliphatic rings. The first-order valence-electron chi connectivity index (χ1n) is 8.45. The fraction of sp³-hybridized carbons (Fsp3) is 0.300. The predicted molar refractivity (Wildman–Crippen MR) is 101 cm³/mol. The van der Waals surface area contributed by atoms with Crippen LogP contribution in [0.1, 0.15) is 18.1 Å². The Balaban J connectivity index is 1.75. The van der Waals surface area contributed by atoms with E-state index in [1.165, 1.54) is 19.1 Å². The molecule has 2 aromatic rings. The van der Waals surface area contributed by atoms with Gasteiger partial charge >= 0.3 is 0 Å². The van der Waals surface area contributed by atoms with Crippen LogP contribution in [-0.4, -0.2) is 36.3 Å². The summed E-state index contributed by atoms with van der Waals surface area (Å²) in [5.74, 6) is -0.436. The molecule has 2 rings (SSSR count). The van der Waals surface area contributed by atoms with Gasteiger partial charge < -0.3 is 10.2 Å². The number of nitrogens with zero attached hydrogens (tertiary/aromatic N) is 1. The topological polar surface area (TPSA) is 49.4 Å². The van der Waals surface area contributed by atoms with Crippen LogP contribution < -0.4 is 5.32 Å². The van der Waals surface area contributed by atoms with Gasteiger partial charge in [0.05, 0.1) is 6.42 Å². The monoisotopic (exact) mass is 376 g/mol. The Kier molecular flexibility index (Phi) is 7.60. The van der Waals surface area contributed by atoms with Crippen LogP contribution in [0.4, 0.5) is 4.39 Å². The highest BCUT2D eigenvalue weighted by atomic mass is 35.5. The Labute approximate surface area is 158 Å². The van der Waals surface area contributed by atoms with Crippen molar-refractivity contribution in [1.82, 2.24) is 10.2 Å². The minimum atomic E-state index is -0.277. The molecule has 26 heavy (non-hydrogen) atoms. The molecule has 0 saturated carbocycles. The molecule has 1 N–H and O–H groups in total. The van der Waals surface area contributed by atoms with E-state index in [0.29, 0.717) is 31.1 Å². The van der Waals surface area contributed by atoms with Gasteiger partial charge in [-0.3, -0.25) is 9.59 Å². The molecule has 138 valence electrons. The van der Waals surface area contributed by atoms with E-state index in [2.05, 4.69) is 5.32 Å². The van der Waals surface area contributed by atoms with Gasteiger partial charge in [0, 0.05) is 31.6 Å². The highest BCUT2D eigenvalue weighted by Gasteiger charge is 2.10. The van der Waals surface area contributed by atoms with Gasteiger partial charge in [-0.2, -0.15) is 0 Å². The SMILES string of the molecule is CC(=O)N(CCNC(=O)Cc1ccc(Cl)cc1)CCc1ccc(F)cc1. The molecule has 2 aromatic carbocycles. The van der Waals surface area contributed by atoms with Gasteiger partial charge in [-0.25, -0.2) is 4.39 Å². The Bertz CT molecular complexity index is 732. The number of hydrogen-bond donors (Lipinski definition) is 1. The van der Waals surface area contributed by atoms with E-state index in [1.807, 2.05) is 12.1 Å². The highest BCUT2D eigenvalue weighted by Crippen LogP contribution is 2.10. The summed E-state index contributed by atoms with van der Waals surface area (Å²) >= 11 is 5.82. The van der Waals surface area contributed by atoms with Crippen LogP contribution >= 0.6 is 11.6 Å². The van der Waals surface area contributed by atoms with Crippen LogP contribution in [0.3, 0.4) is 0 Å². The molecule has 0 heterocycles. The van der Waals surface area contributed by atoms with Crippen molar-refractivity contribution >= 4 is 23.4 Å². The first-order valence-corrected chi connectivity index (χ1v) is 8.83. The second kappa shape index (κ2) is 9.92. The number of benzene rings is 2. The summed E-state index contributed by atoms with van der Waals surface area (Å²) in [6, 6.07) is 13.4. The van der Waals surface area contributed by atoms with Gasteiger partial charge in [-0.15, -0.1) is 0 Å². The van der Waals surface area contributed by atoms with E-state index < -0.39 is 0 Å². The van der Waals surface area contributed by atoms with Gasteiger partial charge in [-0.1, -0.05) is 35.9 Å². The van der Waals surface area contributed by atoms with Gasteiger partial charge in [0.2, 0.25) is 11.8 Å². The maximum atomic E-state index is 12.9. The molecule has 6 heteroatoms. The maximum absolute atomic E-state index is 12.9. The van der Waals surface area contributed by atoms with Gasteiger partial charge in [-0.05, 0) is 41.8 Å². The lowest BCUT2D eigenvalue weighted by Gasteiger charge is -2.21. The zero-order valence-electron chi connectivity index (χ0n) is 14.7. The number of rotatable bonds is 8. The average Bonchev–Trinajstić information content (AvgIpc) is 2.61. The molecule has 0 aliphatic carbocycles. The molecule has 4 nitrogen and oxygen atoms in total. The van der Waals surface area contributed by atoms with Crippen molar-refractivity contribution < 1.29 is 14.0 Å². The summed E-state index contributed by atoms with van der Waals surface area (Å²) in [6.07, 6.45) is 0.908. The van der Waals surface area contributed by atoms with Crippen molar-refractivity contribution in [2.75, 3.05) is 19.6 Å². The fourth-order valence-electron chi connectivity index (χ4n) is 2.52. The zero-order chi connectivity index (χ0) is 18.9. The van der Waals surface area contributed by atoms with Gasteiger partial charge in [0.1, 0.15) is 5.82 Å². The van der Waals surface area contributed by atoms with Crippen LogP contribution in [0.15, 0.2) is 48.5 Å². The van der Waals surface area contributed by atoms with E-state index in [1.54, 1.807) is 29.2 Å². The molecule has 0 fully saturated rings. The Hall–Kier alpha value is -2.40. The standard InChI is InChI=1S/C20H22ClFN2O2/c1-15(25)24(12-10-16-4-8-19(22)9-5-16)13-11-23-20(26)14-17-2-6-18(21)7-3-17/h2-9H,10-14H2,1H3,(H,23,26). The molecule has 0 bridgehead atoms. The number of amides is 2. The zero-order valence-corrected chi connectivity index (χ0v) is 15.4. The molecular weight excluding hydrogens is 355 g/mol. The normalized spacial score (nSPS) is 10.4. The van der Waals surface area contributed by atoms with E-state index in [-0.39, 0.29) is 24.1 Å². The number of halogens is 2. The van der Waals surface area contributed by atoms with Gasteiger partial charge in [0.15, 0.2) is 0 Å². The minimum Gasteiger partial charge on any atom is -0.354 e. The Morgan fingerprint density at radius 1 is 1.00 bits per heavy atom. The van der Waals surface area contributed by atoms with Crippen LogP contribution in [0.25, 0.3) is 0 Å². The van der Waals surface area contributed by atoms with Crippen LogP contribution in [0, 0.1) is 5.82 Å². The van der Waals surface area contributed by atoms with E-state index in [0.717, 1.165) is 11.1 Å². The highest BCUT2D eigenvalue weighted by molar-refractivity contribution is 6.30. The molecule has 0 spiro atoms. The molecule has 0 saturated heterocycles. The molecule has 0 radical (unpaired) electrons. The summed E-state index contributed by atoms with van der Waals surface area (Å²) in [7, 11) is 0. The van der Waals surface area contributed by atoms with Crippen LogP contribution in [0.2, 0.25) is 5.02 Å². The van der Waals surface area contributed by atoms with E-state index in [9.17, 15) is 14.0 Å². The predicted octanol–water partition coefficient (Wildman–Crippen LogP) is 3.23. The van der Waals surface area contributed by atoms with Crippen molar-refractivity contribution in [2.24, 2.45) is 0 Å². The lowest BCUT2D eigenvalue weighted by Crippen LogP contribution is -2.39. The van der Waals surface area contributed by atoms with Crippen molar-refractivity contribution in [1.29, 1.82) is 0 Å². The number of hydrogen-bond acceptors (Lipinski definition) is 2. The lowest BCUT2D eigenvalue weighted by molar-refractivity contribution is -0.129. The average molecular weight is 377 g/mol. The van der Waals surface area contributed by atoms with E-state index >= 15 is 0 Å². The molecule has 0 aliphatic heterocycles. The van der Waals surface area contributed by atoms with Crippen molar-refractivity contribution in [2.45, 2.75) is 19.8 Å². The second-order valence-corrected chi connectivity index (χ2v) is 6.47. The maximum Gasteiger partial charge on any atom is 0.224 e. The lowest BCUT2D eigenvalue weighted by atomic mass is 10.1. The third kappa shape index (κ3) is 6.84. The minimum absolute atomic E-state index is 0.0564. The first kappa shape index (κ1) is 19.9. The summed E-state index contributed by atoms with van der Waals surface area (Å²) in [5, 5.41) is 3.45. The van der Waals surface area contributed by atoms with E-state index in [4.69, 9.17) is 11.6 Å². The number of carbonyl (C=O) groups is 2. The summed E-state index contributed by atoms with van der Waals surface area (Å²) in [5.41, 5.74) is 1.84.